The van der Waals surface area contributed by atoms with E-state index in [1.807, 2.05) is 0 Å². The summed E-state index contributed by atoms with van der Waals surface area (Å²) >= 11 is 0. The van der Waals surface area contributed by atoms with Gasteiger partial charge in [0, 0.05) is 12.1 Å². The predicted octanol–water partition coefficient (Wildman–Crippen LogP) is 4.51. The summed E-state index contributed by atoms with van der Waals surface area (Å²) in [5.41, 5.74) is 0. The van der Waals surface area contributed by atoms with Crippen LogP contribution < -0.4 is 5.32 Å². The molecule has 2 unspecified atom stereocenters. The Bertz CT molecular complexity index is 163. The smallest absolute Gasteiger partial charge is 0.00697 e. The molecule has 0 aromatic carbocycles. The second kappa shape index (κ2) is 8.11. The molecule has 1 rings (SSSR count). The van der Waals surface area contributed by atoms with Crippen LogP contribution in [0.5, 0.6) is 0 Å². The van der Waals surface area contributed by atoms with Crippen molar-refractivity contribution in [1.82, 2.24) is 5.32 Å². The van der Waals surface area contributed by atoms with Gasteiger partial charge in [-0.2, -0.15) is 0 Å². The summed E-state index contributed by atoms with van der Waals surface area (Å²) in [6.07, 6.45) is 12.6. The highest BCUT2D eigenvalue weighted by atomic mass is 14.9. The molecule has 1 aliphatic carbocycles. The summed E-state index contributed by atoms with van der Waals surface area (Å²) in [5.74, 6) is 1.03. The van der Waals surface area contributed by atoms with Gasteiger partial charge in [-0.05, 0) is 38.0 Å². The van der Waals surface area contributed by atoms with Crippen molar-refractivity contribution in [2.24, 2.45) is 5.92 Å². The van der Waals surface area contributed by atoms with E-state index in [0.29, 0.717) is 0 Å². The van der Waals surface area contributed by atoms with Crippen molar-refractivity contribution in [2.75, 3.05) is 0 Å². The Morgan fingerprint density at radius 3 is 2.38 bits per heavy atom. The van der Waals surface area contributed by atoms with Crippen molar-refractivity contribution >= 4 is 0 Å². The zero-order valence-corrected chi connectivity index (χ0v) is 11.6. The van der Waals surface area contributed by atoms with E-state index >= 15 is 0 Å². The Labute approximate surface area is 102 Å². The summed E-state index contributed by atoms with van der Waals surface area (Å²) < 4.78 is 0. The highest BCUT2D eigenvalue weighted by Gasteiger charge is 2.19. The standard InChI is InChI=1S/C15H31N/c1-4-8-13-9-7-10-15(12-11-13)16-14(5-2)6-3/h13-16H,4-12H2,1-3H3. The first-order chi connectivity index (χ1) is 7.80. The van der Waals surface area contributed by atoms with Gasteiger partial charge in [-0.1, -0.05) is 46.5 Å². The van der Waals surface area contributed by atoms with Crippen LogP contribution in [-0.2, 0) is 0 Å². The van der Waals surface area contributed by atoms with Gasteiger partial charge in [0.25, 0.3) is 0 Å². The maximum Gasteiger partial charge on any atom is 0.00697 e. The van der Waals surface area contributed by atoms with Gasteiger partial charge in [0.05, 0.1) is 0 Å². The van der Waals surface area contributed by atoms with Crippen LogP contribution in [0, 0.1) is 5.92 Å². The van der Waals surface area contributed by atoms with Gasteiger partial charge < -0.3 is 5.32 Å². The number of nitrogens with one attached hydrogen (secondary N) is 1. The molecule has 0 spiro atoms. The van der Waals surface area contributed by atoms with Gasteiger partial charge in [-0.3, -0.25) is 0 Å². The second-order valence-corrected chi connectivity index (χ2v) is 5.54. The summed E-state index contributed by atoms with van der Waals surface area (Å²) in [6, 6.07) is 1.57. The third-order valence-electron chi connectivity index (χ3n) is 4.24. The molecule has 96 valence electrons. The van der Waals surface area contributed by atoms with Crippen LogP contribution in [0.25, 0.3) is 0 Å². The van der Waals surface area contributed by atoms with E-state index in [4.69, 9.17) is 0 Å². The molecular formula is C15H31N. The molecule has 0 amide bonds. The number of hydrogen-bond acceptors (Lipinski definition) is 1. The zero-order chi connectivity index (χ0) is 11.8. The number of rotatable bonds is 6. The van der Waals surface area contributed by atoms with Gasteiger partial charge in [0.1, 0.15) is 0 Å². The minimum atomic E-state index is 0.757. The van der Waals surface area contributed by atoms with E-state index in [1.165, 1.54) is 57.8 Å². The van der Waals surface area contributed by atoms with Crippen molar-refractivity contribution < 1.29 is 0 Å². The molecule has 1 aliphatic rings. The summed E-state index contributed by atoms with van der Waals surface area (Å²) in [5, 5.41) is 3.86. The summed E-state index contributed by atoms with van der Waals surface area (Å²) in [7, 11) is 0. The van der Waals surface area contributed by atoms with E-state index in [0.717, 1.165) is 18.0 Å². The molecule has 0 aromatic rings. The van der Waals surface area contributed by atoms with Crippen molar-refractivity contribution in [3.05, 3.63) is 0 Å². The molecule has 1 N–H and O–H groups in total. The normalized spacial score (nSPS) is 27.0. The van der Waals surface area contributed by atoms with Gasteiger partial charge >= 0.3 is 0 Å². The Hall–Kier alpha value is -0.0400. The van der Waals surface area contributed by atoms with E-state index in [9.17, 15) is 0 Å². The maximum absolute atomic E-state index is 3.86. The van der Waals surface area contributed by atoms with Crippen LogP contribution in [0.2, 0.25) is 0 Å². The molecule has 0 radical (unpaired) electrons. The Morgan fingerprint density at radius 1 is 1.00 bits per heavy atom. The molecule has 1 fully saturated rings. The van der Waals surface area contributed by atoms with Crippen molar-refractivity contribution in [2.45, 2.75) is 90.6 Å². The minimum absolute atomic E-state index is 0.757. The predicted molar refractivity (Wildman–Crippen MR) is 72.8 cm³/mol. The topological polar surface area (TPSA) is 12.0 Å². The Morgan fingerprint density at radius 2 is 1.75 bits per heavy atom. The first kappa shape index (κ1) is 14.0. The fraction of sp³-hybridized carbons (Fsp3) is 1.00. The minimum Gasteiger partial charge on any atom is -0.311 e. The molecule has 1 nitrogen and oxygen atoms in total. The monoisotopic (exact) mass is 225 g/mol. The van der Waals surface area contributed by atoms with Crippen LogP contribution in [0.3, 0.4) is 0 Å². The van der Waals surface area contributed by atoms with Crippen molar-refractivity contribution in [3.63, 3.8) is 0 Å². The Kier molecular flexibility index (Phi) is 7.11. The first-order valence-electron chi connectivity index (χ1n) is 7.56. The van der Waals surface area contributed by atoms with Gasteiger partial charge in [-0.15, -0.1) is 0 Å². The second-order valence-electron chi connectivity index (χ2n) is 5.54. The van der Waals surface area contributed by atoms with Crippen LogP contribution in [0.15, 0.2) is 0 Å². The van der Waals surface area contributed by atoms with Crippen LogP contribution in [0.1, 0.15) is 78.6 Å². The molecule has 0 aliphatic heterocycles. The lowest BCUT2D eigenvalue weighted by molar-refractivity contribution is 0.368. The molecule has 0 aromatic heterocycles. The summed E-state index contributed by atoms with van der Waals surface area (Å²) in [4.78, 5) is 0. The van der Waals surface area contributed by atoms with Gasteiger partial charge in [-0.25, -0.2) is 0 Å². The highest BCUT2D eigenvalue weighted by molar-refractivity contribution is 4.77. The van der Waals surface area contributed by atoms with Crippen molar-refractivity contribution in [3.8, 4) is 0 Å². The highest BCUT2D eigenvalue weighted by Crippen LogP contribution is 2.27. The third-order valence-corrected chi connectivity index (χ3v) is 4.24. The number of hydrogen-bond donors (Lipinski definition) is 1. The van der Waals surface area contributed by atoms with Crippen LogP contribution >= 0.6 is 0 Å². The van der Waals surface area contributed by atoms with Crippen LogP contribution in [0.4, 0.5) is 0 Å². The molecule has 0 bridgehead atoms. The SMILES string of the molecule is CCCC1CCCC(NC(CC)CC)CC1. The van der Waals surface area contributed by atoms with Gasteiger partial charge in [0.2, 0.25) is 0 Å². The van der Waals surface area contributed by atoms with Crippen LogP contribution in [-0.4, -0.2) is 12.1 Å². The summed E-state index contributed by atoms with van der Waals surface area (Å²) in [6.45, 7) is 6.93. The van der Waals surface area contributed by atoms with E-state index in [1.54, 1.807) is 0 Å². The third kappa shape index (κ3) is 4.86. The molecule has 2 atom stereocenters. The fourth-order valence-corrected chi connectivity index (χ4v) is 3.10. The van der Waals surface area contributed by atoms with Gasteiger partial charge in [0.15, 0.2) is 0 Å². The molecule has 16 heavy (non-hydrogen) atoms. The molecular weight excluding hydrogens is 194 g/mol. The maximum atomic E-state index is 3.86. The lowest BCUT2D eigenvalue weighted by atomic mass is 9.95. The average molecular weight is 225 g/mol. The molecule has 0 heterocycles. The molecule has 1 heteroatoms. The first-order valence-corrected chi connectivity index (χ1v) is 7.56. The Balaban J connectivity index is 2.29. The fourth-order valence-electron chi connectivity index (χ4n) is 3.10. The average Bonchev–Trinajstić information content (AvgIpc) is 2.52. The lowest BCUT2D eigenvalue weighted by Crippen LogP contribution is -2.37. The van der Waals surface area contributed by atoms with E-state index < -0.39 is 0 Å². The van der Waals surface area contributed by atoms with E-state index in [-0.39, 0.29) is 0 Å². The molecule has 0 saturated heterocycles. The zero-order valence-electron chi connectivity index (χ0n) is 11.6. The lowest BCUT2D eigenvalue weighted by Gasteiger charge is -2.23. The van der Waals surface area contributed by atoms with Crippen molar-refractivity contribution in [1.29, 1.82) is 0 Å². The largest absolute Gasteiger partial charge is 0.311 e. The molecule has 1 saturated carbocycles. The quantitative estimate of drug-likeness (QED) is 0.656. The van der Waals surface area contributed by atoms with E-state index in [2.05, 4.69) is 26.1 Å².